The quantitative estimate of drug-likeness (QED) is 0.513. The topological polar surface area (TPSA) is 44.7 Å². The van der Waals surface area contributed by atoms with Crippen molar-refractivity contribution in [2.75, 3.05) is 39.5 Å². The summed E-state index contributed by atoms with van der Waals surface area (Å²) in [5, 5.41) is 12.4. The van der Waals surface area contributed by atoms with Crippen molar-refractivity contribution in [3.63, 3.8) is 0 Å². The number of aliphatic hydroxyl groups is 1. The molecule has 2 saturated heterocycles. The van der Waals surface area contributed by atoms with Gasteiger partial charge in [-0.05, 0) is 0 Å². The zero-order valence-corrected chi connectivity index (χ0v) is 7.20. The molecule has 0 aliphatic carbocycles. The number of aliphatic hydroxyl groups excluding tert-OH is 1. The average Bonchev–Trinajstić information content (AvgIpc) is 2.17. The monoisotopic (exact) mass is 172 g/mol. The molecule has 2 N–H and O–H groups in total. The number of fused-ring (bicyclic) bond motifs is 1. The Balaban J connectivity index is 1.99. The number of nitrogens with one attached hydrogen (secondary N) is 1. The van der Waals surface area contributed by atoms with E-state index in [4.69, 9.17) is 9.84 Å². The average molecular weight is 172 g/mol. The first-order valence-electron chi connectivity index (χ1n) is 4.58. The molecule has 2 heterocycles. The van der Waals surface area contributed by atoms with Gasteiger partial charge in [-0.2, -0.15) is 0 Å². The minimum absolute atomic E-state index is 0.207. The van der Waals surface area contributed by atoms with Crippen molar-refractivity contribution < 1.29 is 9.84 Å². The van der Waals surface area contributed by atoms with E-state index in [0.717, 1.165) is 32.8 Å². The molecule has 0 aromatic rings. The number of hydrogen-bond acceptors (Lipinski definition) is 4. The van der Waals surface area contributed by atoms with Crippen LogP contribution in [0.3, 0.4) is 0 Å². The fourth-order valence-electron chi connectivity index (χ4n) is 2.02. The smallest absolute Gasteiger partial charge is 0.0638 e. The predicted octanol–water partition coefficient (Wildman–Crippen LogP) is -1.35. The minimum atomic E-state index is 0.207. The molecule has 2 unspecified atom stereocenters. The number of nitrogens with zero attached hydrogens (tertiary/aromatic N) is 1. The van der Waals surface area contributed by atoms with Crippen LogP contribution in [0.5, 0.6) is 0 Å². The fraction of sp³-hybridized carbons (Fsp3) is 1.00. The van der Waals surface area contributed by atoms with Gasteiger partial charge in [-0.25, -0.2) is 0 Å². The van der Waals surface area contributed by atoms with E-state index in [9.17, 15) is 0 Å². The van der Waals surface area contributed by atoms with E-state index in [1.165, 1.54) is 0 Å². The maximum absolute atomic E-state index is 9.09. The lowest BCUT2D eigenvalue weighted by Gasteiger charge is -2.43. The van der Waals surface area contributed by atoms with Gasteiger partial charge < -0.3 is 15.2 Å². The van der Waals surface area contributed by atoms with Gasteiger partial charge in [-0.1, -0.05) is 0 Å². The molecule has 4 heteroatoms. The summed E-state index contributed by atoms with van der Waals surface area (Å²) in [4.78, 5) is 2.40. The zero-order chi connectivity index (χ0) is 8.39. The van der Waals surface area contributed by atoms with Gasteiger partial charge in [0.1, 0.15) is 0 Å². The molecule has 0 radical (unpaired) electrons. The molecule has 0 aromatic carbocycles. The van der Waals surface area contributed by atoms with Gasteiger partial charge in [0, 0.05) is 25.7 Å². The second-order valence-electron chi connectivity index (χ2n) is 3.42. The van der Waals surface area contributed by atoms with E-state index in [1.54, 1.807) is 0 Å². The molecule has 0 spiro atoms. The molecule has 0 bridgehead atoms. The third-order valence-corrected chi connectivity index (χ3v) is 2.75. The lowest BCUT2D eigenvalue weighted by Crippen LogP contribution is -2.63. The first-order valence-corrected chi connectivity index (χ1v) is 4.58. The van der Waals surface area contributed by atoms with Crippen LogP contribution in [0.2, 0.25) is 0 Å². The second-order valence-corrected chi connectivity index (χ2v) is 3.42. The van der Waals surface area contributed by atoms with Crippen LogP contribution in [0.15, 0.2) is 0 Å². The molecule has 2 rings (SSSR count). The van der Waals surface area contributed by atoms with Gasteiger partial charge in [0.15, 0.2) is 0 Å². The molecule has 0 amide bonds. The summed E-state index contributed by atoms with van der Waals surface area (Å²) in [6, 6.07) is 0.594. The maximum Gasteiger partial charge on any atom is 0.0638 e. The number of hydrogen-bond donors (Lipinski definition) is 2. The number of morpholine rings is 1. The van der Waals surface area contributed by atoms with Crippen molar-refractivity contribution in [2.24, 2.45) is 0 Å². The Bertz CT molecular complexity index is 145. The van der Waals surface area contributed by atoms with E-state index in [-0.39, 0.29) is 12.6 Å². The number of piperazine rings is 1. The fourth-order valence-corrected chi connectivity index (χ4v) is 2.02. The van der Waals surface area contributed by atoms with Gasteiger partial charge in [-0.15, -0.1) is 0 Å². The summed E-state index contributed by atoms with van der Waals surface area (Å²) in [6.45, 7) is 4.91. The molecule has 2 fully saturated rings. The highest BCUT2D eigenvalue weighted by molar-refractivity contribution is 4.90. The Labute approximate surface area is 72.5 Å². The summed E-state index contributed by atoms with van der Waals surface area (Å²) in [7, 11) is 0. The van der Waals surface area contributed by atoms with Gasteiger partial charge in [0.25, 0.3) is 0 Å². The largest absolute Gasteiger partial charge is 0.395 e. The molecule has 4 nitrogen and oxygen atoms in total. The number of rotatable bonds is 1. The Morgan fingerprint density at radius 2 is 2.42 bits per heavy atom. The van der Waals surface area contributed by atoms with E-state index >= 15 is 0 Å². The van der Waals surface area contributed by atoms with E-state index in [2.05, 4.69) is 10.2 Å². The third kappa shape index (κ3) is 1.47. The van der Waals surface area contributed by atoms with Crippen molar-refractivity contribution in [3.8, 4) is 0 Å². The molecule has 2 aliphatic heterocycles. The van der Waals surface area contributed by atoms with Gasteiger partial charge in [-0.3, -0.25) is 4.90 Å². The lowest BCUT2D eigenvalue weighted by molar-refractivity contribution is -0.0431. The lowest BCUT2D eigenvalue weighted by atomic mass is 10.0. The normalized spacial score (nSPS) is 37.8. The summed E-state index contributed by atoms with van der Waals surface area (Å²) in [6.07, 6.45) is 0. The third-order valence-electron chi connectivity index (χ3n) is 2.75. The van der Waals surface area contributed by atoms with Gasteiger partial charge in [0.05, 0.1) is 25.9 Å². The van der Waals surface area contributed by atoms with Crippen molar-refractivity contribution in [1.29, 1.82) is 0 Å². The second kappa shape index (κ2) is 3.70. The van der Waals surface area contributed by atoms with E-state index < -0.39 is 0 Å². The molecule has 12 heavy (non-hydrogen) atoms. The Morgan fingerprint density at radius 3 is 3.25 bits per heavy atom. The van der Waals surface area contributed by atoms with Crippen molar-refractivity contribution in [2.45, 2.75) is 12.1 Å². The van der Waals surface area contributed by atoms with Crippen LogP contribution in [-0.4, -0.2) is 61.5 Å². The van der Waals surface area contributed by atoms with Crippen molar-refractivity contribution >= 4 is 0 Å². The van der Waals surface area contributed by atoms with Crippen LogP contribution in [0.1, 0.15) is 0 Å². The van der Waals surface area contributed by atoms with Crippen LogP contribution >= 0.6 is 0 Å². The van der Waals surface area contributed by atoms with Crippen molar-refractivity contribution in [3.05, 3.63) is 0 Å². The standard InChI is InChI=1S/C8H16N2O2/c11-5-7-8-6-12-4-3-10(8)2-1-9-7/h7-9,11H,1-6H2. The summed E-state index contributed by atoms with van der Waals surface area (Å²) >= 11 is 0. The van der Waals surface area contributed by atoms with Crippen LogP contribution in [0, 0.1) is 0 Å². The maximum atomic E-state index is 9.09. The highest BCUT2D eigenvalue weighted by Crippen LogP contribution is 2.13. The predicted molar refractivity (Wildman–Crippen MR) is 45.1 cm³/mol. The van der Waals surface area contributed by atoms with Crippen LogP contribution in [0.25, 0.3) is 0 Å². The SMILES string of the molecule is OCC1NCCN2CCOCC12. The molecule has 0 saturated carbocycles. The zero-order valence-electron chi connectivity index (χ0n) is 7.20. The van der Waals surface area contributed by atoms with Gasteiger partial charge >= 0.3 is 0 Å². The minimum Gasteiger partial charge on any atom is -0.395 e. The molecular formula is C8H16N2O2. The number of ether oxygens (including phenoxy) is 1. The molecule has 2 atom stereocenters. The summed E-state index contributed by atoms with van der Waals surface area (Å²) in [5.41, 5.74) is 0. The molecule has 0 aromatic heterocycles. The van der Waals surface area contributed by atoms with Gasteiger partial charge in [0.2, 0.25) is 0 Å². The Morgan fingerprint density at radius 1 is 1.50 bits per heavy atom. The highest BCUT2D eigenvalue weighted by Gasteiger charge is 2.32. The molecular weight excluding hydrogens is 156 g/mol. The van der Waals surface area contributed by atoms with Crippen LogP contribution < -0.4 is 5.32 Å². The first kappa shape index (κ1) is 8.44. The molecule has 70 valence electrons. The van der Waals surface area contributed by atoms with E-state index in [0.29, 0.717) is 6.04 Å². The van der Waals surface area contributed by atoms with Crippen LogP contribution in [0.4, 0.5) is 0 Å². The Hall–Kier alpha value is -0.160. The first-order chi connectivity index (χ1) is 5.92. The summed E-state index contributed by atoms with van der Waals surface area (Å²) in [5.74, 6) is 0. The Kier molecular flexibility index (Phi) is 2.60. The van der Waals surface area contributed by atoms with E-state index in [1.807, 2.05) is 0 Å². The van der Waals surface area contributed by atoms with Crippen molar-refractivity contribution in [1.82, 2.24) is 10.2 Å². The van der Waals surface area contributed by atoms with Crippen LogP contribution in [-0.2, 0) is 4.74 Å². The molecule has 2 aliphatic rings. The highest BCUT2D eigenvalue weighted by atomic mass is 16.5. The summed E-state index contributed by atoms with van der Waals surface area (Å²) < 4.78 is 5.38.